The number of fused-ring (bicyclic) bond motifs is 1. The van der Waals surface area contributed by atoms with E-state index in [9.17, 15) is 9.59 Å². The second kappa shape index (κ2) is 6.92. The smallest absolute Gasteiger partial charge is 0.255 e. The van der Waals surface area contributed by atoms with Crippen LogP contribution < -0.4 is 5.73 Å². The molecule has 0 aromatic heterocycles. The van der Waals surface area contributed by atoms with Gasteiger partial charge in [-0.25, -0.2) is 0 Å². The minimum absolute atomic E-state index is 0.0455. The van der Waals surface area contributed by atoms with Crippen molar-refractivity contribution < 1.29 is 9.59 Å². The number of nitrogens with zero attached hydrogens (tertiary/aromatic N) is 2. The van der Waals surface area contributed by atoms with Gasteiger partial charge in [0.1, 0.15) is 0 Å². The van der Waals surface area contributed by atoms with Gasteiger partial charge in [0.05, 0.1) is 11.1 Å². The Morgan fingerprint density at radius 1 is 1.04 bits per heavy atom. The third-order valence-corrected chi connectivity index (χ3v) is 5.48. The summed E-state index contributed by atoms with van der Waals surface area (Å²) in [7, 11) is 0. The van der Waals surface area contributed by atoms with Crippen molar-refractivity contribution in [3.63, 3.8) is 0 Å². The van der Waals surface area contributed by atoms with E-state index < -0.39 is 5.91 Å². The number of carbonyl (C=O) groups excluding carboxylic acids is 2. The lowest BCUT2D eigenvalue weighted by Gasteiger charge is -2.36. The molecular formula is C21H23N3O2. The molecule has 1 saturated heterocycles. The van der Waals surface area contributed by atoms with Crippen LogP contribution in [0.3, 0.4) is 0 Å². The van der Waals surface area contributed by atoms with Crippen LogP contribution in [-0.2, 0) is 13.1 Å². The Morgan fingerprint density at radius 2 is 1.77 bits per heavy atom. The Balaban J connectivity index is 1.42. The van der Waals surface area contributed by atoms with Gasteiger partial charge in [0.15, 0.2) is 0 Å². The van der Waals surface area contributed by atoms with Crippen molar-refractivity contribution in [3.8, 4) is 0 Å². The van der Waals surface area contributed by atoms with E-state index in [2.05, 4.69) is 29.2 Å². The highest BCUT2D eigenvalue weighted by Gasteiger charge is 2.36. The molecule has 0 atom stereocenters. The number of primary amides is 1. The summed E-state index contributed by atoms with van der Waals surface area (Å²) in [5, 5.41) is 0. The summed E-state index contributed by atoms with van der Waals surface area (Å²) in [5.74, 6) is -0.578. The molecular weight excluding hydrogens is 326 g/mol. The summed E-state index contributed by atoms with van der Waals surface area (Å²) < 4.78 is 0. The van der Waals surface area contributed by atoms with Crippen molar-refractivity contribution >= 4 is 11.8 Å². The van der Waals surface area contributed by atoms with E-state index in [1.165, 1.54) is 5.56 Å². The van der Waals surface area contributed by atoms with Crippen LogP contribution in [-0.4, -0.2) is 40.7 Å². The van der Waals surface area contributed by atoms with Crippen molar-refractivity contribution in [3.05, 3.63) is 70.8 Å². The second-order valence-corrected chi connectivity index (χ2v) is 7.13. The fourth-order valence-corrected chi connectivity index (χ4v) is 4.11. The molecule has 2 aromatic rings. The summed E-state index contributed by atoms with van der Waals surface area (Å²) in [6.07, 6.45) is 1.91. The molecule has 4 rings (SSSR count). The molecule has 0 aliphatic carbocycles. The monoisotopic (exact) mass is 349 g/mol. The molecule has 2 amide bonds. The average molecular weight is 349 g/mol. The number of nitrogens with two attached hydrogens (primary N) is 1. The van der Waals surface area contributed by atoms with Gasteiger partial charge in [-0.15, -0.1) is 0 Å². The van der Waals surface area contributed by atoms with E-state index in [4.69, 9.17) is 5.73 Å². The van der Waals surface area contributed by atoms with Gasteiger partial charge in [0, 0.05) is 32.2 Å². The minimum Gasteiger partial charge on any atom is -0.366 e. The highest BCUT2D eigenvalue weighted by molar-refractivity contribution is 6.09. The molecule has 0 spiro atoms. The Hall–Kier alpha value is -2.66. The van der Waals surface area contributed by atoms with E-state index in [-0.39, 0.29) is 11.9 Å². The molecule has 0 unspecified atom stereocenters. The number of hydrogen-bond acceptors (Lipinski definition) is 3. The zero-order chi connectivity index (χ0) is 18.1. The summed E-state index contributed by atoms with van der Waals surface area (Å²) in [6, 6.07) is 16.1. The van der Waals surface area contributed by atoms with Gasteiger partial charge in [0.25, 0.3) is 5.91 Å². The molecule has 5 nitrogen and oxygen atoms in total. The van der Waals surface area contributed by atoms with Crippen molar-refractivity contribution in [2.24, 2.45) is 5.73 Å². The maximum atomic E-state index is 12.9. The van der Waals surface area contributed by atoms with Crippen LogP contribution in [0.25, 0.3) is 0 Å². The number of hydrogen-bond donors (Lipinski definition) is 1. The number of benzene rings is 2. The van der Waals surface area contributed by atoms with E-state index >= 15 is 0 Å². The van der Waals surface area contributed by atoms with E-state index in [1.807, 2.05) is 17.0 Å². The predicted molar refractivity (Wildman–Crippen MR) is 99.6 cm³/mol. The molecule has 2 aromatic carbocycles. The predicted octanol–water partition coefficient (Wildman–Crippen LogP) is 2.41. The van der Waals surface area contributed by atoms with Gasteiger partial charge >= 0.3 is 0 Å². The van der Waals surface area contributed by atoms with E-state index in [0.717, 1.165) is 38.0 Å². The summed E-state index contributed by atoms with van der Waals surface area (Å²) in [5.41, 5.74) is 8.53. The molecule has 134 valence electrons. The first-order valence-electron chi connectivity index (χ1n) is 9.12. The summed E-state index contributed by atoms with van der Waals surface area (Å²) >= 11 is 0. The first-order valence-corrected chi connectivity index (χ1v) is 9.12. The number of carbonyl (C=O) groups is 2. The first kappa shape index (κ1) is 16.8. The molecule has 26 heavy (non-hydrogen) atoms. The van der Waals surface area contributed by atoms with Crippen LogP contribution in [0.5, 0.6) is 0 Å². The minimum atomic E-state index is -0.533. The molecule has 0 radical (unpaired) electrons. The lowest BCUT2D eigenvalue weighted by molar-refractivity contribution is 0.0588. The lowest BCUT2D eigenvalue weighted by atomic mass is 10.0. The molecule has 2 heterocycles. The number of amides is 2. The zero-order valence-electron chi connectivity index (χ0n) is 14.7. The van der Waals surface area contributed by atoms with Crippen LogP contribution in [0.4, 0.5) is 0 Å². The Labute approximate surface area is 153 Å². The largest absolute Gasteiger partial charge is 0.366 e. The molecule has 5 heteroatoms. The number of piperidine rings is 1. The molecule has 2 N–H and O–H groups in total. The number of likely N-dealkylation sites (tertiary alicyclic amines) is 1. The van der Waals surface area contributed by atoms with Gasteiger partial charge in [-0.1, -0.05) is 42.5 Å². The van der Waals surface area contributed by atoms with Gasteiger partial charge in [-0.3, -0.25) is 14.5 Å². The van der Waals surface area contributed by atoms with Crippen LogP contribution in [0.2, 0.25) is 0 Å². The van der Waals surface area contributed by atoms with Crippen molar-refractivity contribution in [2.75, 3.05) is 13.1 Å². The average Bonchev–Trinajstić information content (AvgIpc) is 3.00. The lowest BCUT2D eigenvalue weighted by Crippen LogP contribution is -2.44. The molecule has 0 bridgehead atoms. The Bertz CT molecular complexity index is 826. The highest BCUT2D eigenvalue weighted by Crippen LogP contribution is 2.30. The van der Waals surface area contributed by atoms with Gasteiger partial charge < -0.3 is 10.6 Å². The normalized spacial score (nSPS) is 18.2. The quantitative estimate of drug-likeness (QED) is 0.922. The summed E-state index contributed by atoms with van der Waals surface area (Å²) in [6.45, 7) is 3.48. The second-order valence-electron chi connectivity index (χ2n) is 7.13. The van der Waals surface area contributed by atoms with Gasteiger partial charge in [-0.05, 0) is 30.0 Å². The molecule has 0 saturated carbocycles. The fourth-order valence-electron chi connectivity index (χ4n) is 4.11. The first-order chi connectivity index (χ1) is 12.6. The van der Waals surface area contributed by atoms with Gasteiger partial charge in [0.2, 0.25) is 5.91 Å². The Morgan fingerprint density at radius 3 is 2.46 bits per heavy atom. The summed E-state index contributed by atoms with van der Waals surface area (Å²) in [4.78, 5) is 28.9. The van der Waals surface area contributed by atoms with E-state index in [0.29, 0.717) is 17.7 Å². The van der Waals surface area contributed by atoms with Crippen molar-refractivity contribution in [2.45, 2.75) is 32.0 Å². The number of rotatable bonds is 4. The third kappa shape index (κ3) is 3.10. The van der Waals surface area contributed by atoms with Crippen LogP contribution in [0.15, 0.2) is 48.5 Å². The van der Waals surface area contributed by atoms with E-state index in [1.54, 1.807) is 12.1 Å². The molecule has 1 fully saturated rings. The third-order valence-electron chi connectivity index (χ3n) is 5.48. The highest BCUT2D eigenvalue weighted by atomic mass is 16.2. The maximum Gasteiger partial charge on any atom is 0.255 e. The zero-order valence-corrected chi connectivity index (χ0v) is 14.7. The standard InChI is InChI=1S/C21H23N3O2/c22-20(25)18-8-4-7-16-14-24(21(26)19(16)18)17-9-11-23(12-10-17)13-15-5-2-1-3-6-15/h1-8,17H,9-14H2,(H2,22,25). The SMILES string of the molecule is NC(=O)c1cccc2c1C(=O)N(C1CCN(Cc3ccccc3)CC1)C2. The topological polar surface area (TPSA) is 66.6 Å². The van der Waals surface area contributed by atoms with Crippen LogP contribution in [0.1, 0.15) is 44.7 Å². The van der Waals surface area contributed by atoms with Gasteiger partial charge in [-0.2, -0.15) is 0 Å². The molecule has 2 aliphatic rings. The molecule has 2 aliphatic heterocycles. The van der Waals surface area contributed by atoms with Crippen LogP contribution in [0, 0.1) is 0 Å². The van der Waals surface area contributed by atoms with Crippen molar-refractivity contribution in [1.82, 2.24) is 9.80 Å². The van der Waals surface area contributed by atoms with Crippen LogP contribution >= 0.6 is 0 Å². The fraction of sp³-hybridized carbons (Fsp3) is 0.333. The Kier molecular flexibility index (Phi) is 4.47. The maximum absolute atomic E-state index is 12.9. The van der Waals surface area contributed by atoms with Crippen molar-refractivity contribution in [1.29, 1.82) is 0 Å².